The second-order valence-corrected chi connectivity index (χ2v) is 6.20. The number of carbonyl (C=O) groups is 1. The average Bonchev–Trinajstić information content (AvgIpc) is 3.12. The van der Waals surface area contributed by atoms with Crippen LogP contribution in [0.5, 0.6) is 0 Å². The van der Waals surface area contributed by atoms with E-state index in [1.165, 1.54) is 0 Å². The van der Waals surface area contributed by atoms with Gasteiger partial charge in [0.25, 0.3) is 5.91 Å². The van der Waals surface area contributed by atoms with Crippen LogP contribution >= 0.6 is 0 Å². The monoisotopic (exact) mass is 340 g/mol. The Morgan fingerprint density at radius 3 is 2.80 bits per heavy atom. The molecule has 4 rings (SSSR count). The number of aryl methyl sites for hydroxylation is 2. The van der Waals surface area contributed by atoms with Crippen LogP contribution < -0.4 is 4.90 Å². The number of amides is 1. The number of nitrogens with zero attached hydrogens (tertiary/aromatic N) is 8. The van der Waals surface area contributed by atoms with Gasteiger partial charge >= 0.3 is 0 Å². The van der Waals surface area contributed by atoms with Gasteiger partial charge in [-0.3, -0.25) is 13.9 Å². The molecule has 0 spiro atoms. The van der Waals surface area contributed by atoms with E-state index in [0.717, 1.165) is 30.3 Å². The molecule has 0 saturated carbocycles. The van der Waals surface area contributed by atoms with Crippen LogP contribution in [-0.2, 0) is 7.05 Å². The minimum Gasteiger partial charge on any atom is -0.352 e. The highest BCUT2D eigenvalue weighted by Crippen LogP contribution is 2.19. The minimum atomic E-state index is -0.0214. The molecule has 25 heavy (non-hydrogen) atoms. The zero-order valence-electron chi connectivity index (χ0n) is 14.3. The number of carbonyl (C=O) groups excluding carboxylic acids is 1. The molecule has 1 amide bonds. The first-order valence-corrected chi connectivity index (χ1v) is 8.34. The highest BCUT2D eigenvalue weighted by atomic mass is 16.2. The van der Waals surface area contributed by atoms with E-state index in [2.05, 4.69) is 25.2 Å². The molecule has 9 heteroatoms. The maximum atomic E-state index is 12.6. The molecule has 0 bridgehead atoms. The Morgan fingerprint density at radius 2 is 2.00 bits per heavy atom. The van der Waals surface area contributed by atoms with E-state index in [9.17, 15) is 4.79 Å². The SMILES string of the molecule is Cc1nnc2c(N3CCCN(C(=O)c4ccn(C)n4)CC3)nccn12. The Bertz CT molecular complexity index is 914. The summed E-state index contributed by atoms with van der Waals surface area (Å²) in [7, 11) is 1.81. The molecule has 0 radical (unpaired) electrons. The van der Waals surface area contributed by atoms with Crippen molar-refractivity contribution in [1.29, 1.82) is 0 Å². The van der Waals surface area contributed by atoms with E-state index < -0.39 is 0 Å². The molecule has 9 nitrogen and oxygen atoms in total. The fraction of sp³-hybridized carbons (Fsp3) is 0.438. The molecule has 1 aliphatic heterocycles. The zero-order valence-corrected chi connectivity index (χ0v) is 14.3. The number of hydrogen-bond donors (Lipinski definition) is 0. The summed E-state index contributed by atoms with van der Waals surface area (Å²) in [5.41, 5.74) is 1.24. The van der Waals surface area contributed by atoms with Gasteiger partial charge in [-0.05, 0) is 19.4 Å². The first-order valence-electron chi connectivity index (χ1n) is 8.34. The van der Waals surface area contributed by atoms with Crippen LogP contribution in [0.15, 0.2) is 24.7 Å². The van der Waals surface area contributed by atoms with Gasteiger partial charge in [-0.25, -0.2) is 4.98 Å². The van der Waals surface area contributed by atoms with Gasteiger partial charge in [-0.2, -0.15) is 5.10 Å². The number of anilines is 1. The standard InChI is InChI=1S/C16H20N8O/c1-12-18-19-15-14(17-5-9-24(12)15)22-6-3-7-23(11-10-22)16(25)13-4-8-21(2)20-13/h4-5,8-9H,3,6-7,10-11H2,1-2H3. The van der Waals surface area contributed by atoms with E-state index in [0.29, 0.717) is 25.3 Å². The lowest BCUT2D eigenvalue weighted by Gasteiger charge is -2.22. The molecule has 0 aromatic carbocycles. The van der Waals surface area contributed by atoms with Crippen molar-refractivity contribution in [2.24, 2.45) is 7.05 Å². The summed E-state index contributed by atoms with van der Waals surface area (Å²) in [5, 5.41) is 12.6. The lowest BCUT2D eigenvalue weighted by atomic mass is 10.3. The third-order valence-electron chi connectivity index (χ3n) is 4.49. The first-order chi connectivity index (χ1) is 12.1. The molecule has 3 aromatic heterocycles. The largest absolute Gasteiger partial charge is 0.352 e. The molecule has 3 aromatic rings. The lowest BCUT2D eigenvalue weighted by Crippen LogP contribution is -2.35. The van der Waals surface area contributed by atoms with Crippen LogP contribution in [0.2, 0.25) is 0 Å². The molecule has 1 fully saturated rings. The van der Waals surface area contributed by atoms with Crippen LogP contribution in [0, 0.1) is 6.92 Å². The van der Waals surface area contributed by atoms with Crippen molar-refractivity contribution < 1.29 is 4.79 Å². The van der Waals surface area contributed by atoms with E-state index in [1.54, 1.807) is 23.1 Å². The maximum Gasteiger partial charge on any atom is 0.274 e. The molecule has 0 atom stereocenters. The van der Waals surface area contributed by atoms with Gasteiger partial charge in [0.2, 0.25) is 5.65 Å². The van der Waals surface area contributed by atoms with Crippen molar-refractivity contribution in [2.45, 2.75) is 13.3 Å². The van der Waals surface area contributed by atoms with Gasteiger partial charge in [0, 0.05) is 51.8 Å². The van der Waals surface area contributed by atoms with Gasteiger partial charge in [0.1, 0.15) is 11.5 Å². The van der Waals surface area contributed by atoms with Crippen molar-refractivity contribution >= 4 is 17.4 Å². The van der Waals surface area contributed by atoms with Crippen molar-refractivity contribution in [2.75, 3.05) is 31.1 Å². The smallest absolute Gasteiger partial charge is 0.274 e. The summed E-state index contributed by atoms with van der Waals surface area (Å²) in [4.78, 5) is 21.1. The minimum absolute atomic E-state index is 0.0214. The number of hydrogen-bond acceptors (Lipinski definition) is 6. The van der Waals surface area contributed by atoms with Gasteiger partial charge in [0.15, 0.2) is 5.82 Å². The third-order valence-corrected chi connectivity index (χ3v) is 4.49. The number of fused-ring (bicyclic) bond motifs is 1. The van der Waals surface area contributed by atoms with Gasteiger partial charge in [-0.15, -0.1) is 10.2 Å². The third kappa shape index (κ3) is 2.81. The Morgan fingerprint density at radius 1 is 1.12 bits per heavy atom. The average molecular weight is 340 g/mol. The summed E-state index contributed by atoms with van der Waals surface area (Å²) >= 11 is 0. The van der Waals surface area contributed by atoms with Crippen molar-refractivity contribution in [3.63, 3.8) is 0 Å². The van der Waals surface area contributed by atoms with Gasteiger partial charge < -0.3 is 9.80 Å². The molecular weight excluding hydrogens is 320 g/mol. The number of aromatic nitrogens is 6. The normalized spacial score (nSPS) is 15.6. The van der Waals surface area contributed by atoms with E-state index in [1.807, 2.05) is 29.5 Å². The molecular formula is C16H20N8O. The maximum absolute atomic E-state index is 12.6. The summed E-state index contributed by atoms with van der Waals surface area (Å²) in [5.74, 6) is 1.63. The molecule has 130 valence electrons. The number of rotatable bonds is 2. The van der Waals surface area contributed by atoms with Crippen LogP contribution in [0.3, 0.4) is 0 Å². The van der Waals surface area contributed by atoms with Crippen molar-refractivity contribution in [3.05, 3.63) is 36.2 Å². The van der Waals surface area contributed by atoms with Crippen LogP contribution in [-0.4, -0.2) is 66.3 Å². The molecule has 1 saturated heterocycles. The highest BCUT2D eigenvalue weighted by Gasteiger charge is 2.24. The summed E-state index contributed by atoms with van der Waals surface area (Å²) < 4.78 is 3.58. The first kappa shape index (κ1) is 15.6. The molecule has 0 unspecified atom stereocenters. The second kappa shape index (κ2) is 6.15. The van der Waals surface area contributed by atoms with Crippen LogP contribution in [0.4, 0.5) is 5.82 Å². The summed E-state index contributed by atoms with van der Waals surface area (Å²) in [6.45, 7) is 4.78. The second-order valence-electron chi connectivity index (χ2n) is 6.20. The summed E-state index contributed by atoms with van der Waals surface area (Å²) in [6, 6.07) is 1.76. The Labute approximate surface area is 144 Å². The Hall–Kier alpha value is -2.97. The fourth-order valence-electron chi connectivity index (χ4n) is 3.18. The quantitative estimate of drug-likeness (QED) is 0.676. The van der Waals surface area contributed by atoms with E-state index in [4.69, 9.17) is 0 Å². The topological polar surface area (TPSA) is 84.5 Å². The summed E-state index contributed by atoms with van der Waals surface area (Å²) in [6.07, 6.45) is 6.29. The fourth-order valence-corrected chi connectivity index (χ4v) is 3.18. The van der Waals surface area contributed by atoms with Gasteiger partial charge in [-0.1, -0.05) is 0 Å². The van der Waals surface area contributed by atoms with Crippen molar-refractivity contribution in [1.82, 2.24) is 34.3 Å². The van der Waals surface area contributed by atoms with Crippen molar-refractivity contribution in [3.8, 4) is 0 Å². The lowest BCUT2D eigenvalue weighted by molar-refractivity contribution is 0.0760. The van der Waals surface area contributed by atoms with Gasteiger partial charge in [0.05, 0.1) is 0 Å². The zero-order chi connectivity index (χ0) is 17.4. The van der Waals surface area contributed by atoms with E-state index in [-0.39, 0.29) is 5.91 Å². The molecule has 4 heterocycles. The highest BCUT2D eigenvalue weighted by molar-refractivity contribution is 5.92. The molecule has 0 aliphatic carbocycles. The molecule has 0 N–H and O–H groups in total. The van der Waals surface area contributed by atoms with Crippen LogP contribution in [0.1, 0.15) is 22.7 Å². The Kier molecular flexibility index (Phi) is 3.83. The van der Waals surface area contributed by atoms with Crippen LogP contribution in [0.25, 0.3) is 5.65 Å². The predicted molar refractivity (Wildman–Crippen MR) is 91.5 cm³/mol. The van der Waals surface area contributed by atoms with E-state index >= 15 is 0 Å². The molecule has 1 aliphatic rings. The predicted octanol–water partition coefficient (Wildman–Crippen LogP) is 0.519. The Balaban J connectivity index is 1.54.